The first-order valence-electron chi connectivity index (χ1n) is 12.5. The monoisotopic (exact) mass is 503 g/mol. The van der Waals surface area contributed by atoms with E-state index in [1.54, 1.807) is 12.1 Å². The van der Waals surface area contributed by atoms with Crippen molar-refractivity contribution in [2.75, 3.05) is 0 Å². The highest BCUT2D eigenvalue weighted by atomic mass is 35.5. The van der Waals surface area contributed by atoms with E-state index >= 15 is 0 Å². The maximum atomic E-state index is 13.0. The van der Waals surface area contributed by atoms with Gasteiger partial charge in [-0.2, -0.15) is 0 Å². The van der Waals surface area contributed by atoms with Crippen LogP contribution in [0.2, 0.25) is 5.02 Å². The Morgan fingerprint density at radius 1 is 1.06 bits per heavy atom. The molecule has 2 heterocycles. The molecular weight excluding hydrogens is 474 g/mol. The number of rotatable bonds is 4. The van der Waals surface area contributed by atoms with Gasteiger partial charge in [0.25, 0.3) is 11.5 Å². The van der Waals surface area contributed by atoms with Gasteiger partial charge in [-0.3, -0.25) is 14.4 Å². The van der Waals surface area contributed by atoms with E-state index < -0.39 is 0 Å². The zero-order chi connectivity index (χ0) is 25.4. The fourth-order valence-electron chi connectivity index (χ4n) is 5.77. The molecule has 1 spiro atoms. The number of aromatic nitrogens is 1. The summed E-state index contributed by atoms with van der Waals surface area (Å²) in [6.07, 6.45) is 5.69. The quantitative estimate of drug-likeness (QED) is 0.464. The number of carbonyl (C=O) groups is 2. The average Bonchev–Trinajstić information content (AvgIpc) is 2.83. The number of H-pyrrole nitrogens is 1. The van der Waals surface area contributed by atoms with Gasteiger partial charge in [0, 0.05) is 23.4 Å². The zero-order valence-electron chi connectivity index (χ0n) is 20.6. The molecule has 6 nitrogen and oxygen atoms in total. The normalized spacial score (nSPS) is 16.4. The Bertz CT molecular complexity index is 1420. The molecule has 1 saturated carbocycles. The summed E-state index contributed by atoms with van der Waals surface area (Å²) < 4.78 is 0. The van der Waals surface area contributed by atoms with Gasteiger partial charge in [0.2, 0.25) is 5.91 Å². The second-order valence-corrected chi connectivity index (χ2v) is 10.4. The number of hydrogen-bond acceptors (Lipinski definition) is 3. The van der Waals surface area contributed by atoms with E-state index in [1.165, 1.54) is 12.0 Å². The van der Waals surface area contributed by atoms with Gasteiger partial charge in [-0.15, -0.1) is 0 Å². The van der Waals surface area contributed by atoms with Gasteiger partial charge in [0.15, 0.2) is 0 Å². The van der Waals surface area contributed by atoms with Crippen molar-refractivity contribution >= 4 is 23.4 Å². The third kappa shape index (κ3) is 4.46. The van der Waals surface area contributed by atoms with Crippen LogP contribution in [0, 0.1) is 13.8 Å². The summed E-state index contributed by atoms with van der Waals surface area (Å²) in [5, 5.41) is 6.46. The molecule has 0 radical (unpaired) electrons. The molecule has 1 aliphatic heterocycles. The highest BCUT2D eigenvalue weighted by Gasteiger charge is 2.40. The van der Waals surface area contributed by atoms with Crippen molar-refractivity contribution in [2.24, 2.45) is 0 Å². The van der Waals surface area contributed by atoms with Crippen molar-refractivity contribution in [3.8, 4) is 11.1 Å². The molecule has 36 heavy (non-hydrogen) atoms. The van der Waals surface area contributed by atoms with Crippen LogP contribution in [-0.2, 0) is 23.3 Å². The minimum absolute atomic E-state index is 0.0576. The van der Waals surface area contributed by atoms with Crippen molar-refractivity contribution < 1.29 is 9.59 Å². The largest absolute Gasteiger partial charge is 0.348 e. The topological polar surface area (TPSA) is 91.1 Å². The summed E-state index contributed by atoms with van der Waals surface area (Å²) in [6, 6.07) is 13.4. The van der Waals surface area contributed by atoms with Crippen LogP contribution in [0.5, 0.6) is 0 Å². The lowest BCUT2D eigenvalue weighted by Crippen LogP contribution is -2.51. The maximum Gasteiger partial charge on any atom is 0.253 e. The summed E-state index contributed by atoms with van der Waals surface area (Å²) in [5.41, 5.74) is 5.83. The van der Waals surface area contributed by atoms with E-state index in [4.69, 9.17) is 11.6 Å². The first-order chi connectivity index (χ1) is 17.3. The summed E-state index contributed by atoms with van der Waals surface area (Å²) >= 11 is 6.75. The molecule has 186 valence electrons. The maximum absolute atomic E-state index is 13.0. The van der Waals surface area contributed by atoms with Crippen LogP contribution in [0.1, 0.15) is 70.4 Å². The third-order valence-electron chi connectivity index (χ3n) is 7.53. The number of aryl methyl sites for hydroxylation is 2. The van der Waals surface area contributed by atoms with Gasteiger partial charge >= 0.3 is 0 Å². The molecular formula is C29H30ClN3O3. The minimum atomic E-state index is -0.347. The van der Waals surface area contributed by atoms with Gasteiger partial charge in [-0.1, -0.05) is 61.2 Å². The number of aromatic amines is 1. The second-order valence-electron chi connectivity index (χ2n) is 10.0. The van der Waals surface area contributed by atoms with Crippen molar-refractivity contribution in [1.29, 1.82) is 0 Å². The Kier molecular flexibility index (Phi) is 6.47. The van der Waals surface area contributed by atoms with E-state index in [2.05, 4.69) is 21.7 Å². The first-order valence-corrected chi connectivity index (χ1v) is 12.9. The number of nitrogens with one attached hydrogen (secondary N) is 3. The lowest BCUT2D eigenvalue weighted by molar-refractivity contribution is -0.123. The van der Waals surface area contributed by atoms with Crippen molar-refractivity contribution in [3.63, 3.8) is 0 Å². The Hall–Kier alpha value is -3.38. The molecule has 3 N–H and O–H groups in total. The van der Waals surface area contributed by atoms with Crippen LogP contribution in [0.25, 0.3) is 11.1 Å². The van der Waals surface area contributed by atoms with Crippen LogP contribution in [0.15, 0.2) is 47.3 Å². The molecule has 2 amide bonds. The lowest BCUT2D eigenvalue weighted by atomic mass is 9.72. The summed E-state index contributed by atoms with van der Waals surface area (Å²) in [7, 11) is 0. The van der Waals surface area contributed by atoms with E-state index in [0.717, 1.165) is 53.6 Å². The van der Waals surface area contributed by atoms with Crippen LogP contribution in [0.3, 0.4) is 0 Å². The molecule has 2 aliphatic rings. The van der Waals surface area contributed by atoms with Crippen molar-refractivity contribution in [3.05, 3.63) is 91.4 Å². The Balaban J connectivity index is 1.43. The fourth-order valence-corrected chi connectivity index (χ4v) is 6.09. The number of fused-ring (bicyclic) bond motifs is 2. The van der Waals surface area contributed by atoms with Crippen LogP contribution >= 0.6 is 11.6 Å². The van der Waals surface area contributed by atoms with Gasteiger partial charge in [-0.25, -0.2) is 0 Å². The predicted molar refractivity (Wildman–Crippen MR) is 141 cm³/mol. The molecule has 5 rings (SSSR count). The molecule has 7 heteroatoms. The highest BCUT2D eigenvalue weighted by Crippen LogP contribution is 2.42. The van der Waals surface area contributed by atoms with Gasteiger partial charge in [0.1, 0.15) is 0 Å². The molecule has 1 aromatic heterocycles. The third-order valence-corrected chi connectivity index (χ3v) is 7.94. The molecule has 1 fully saturated rings. The SMILES string of the molecule is Cc1cc(C)c(CNC(=O)c2cccc(-c3ccc4c(c3)CC(=O)NC43CCCCC3)c2Cl)c(=O)[nH]1. The smallest absolute Gasteiger partial charge is 0.253 e. The molecule has 0 unspecified atom stereocenters. The van der Waals surface area contributed by atoms with Crippen molar-refractivity contribution in [2.45, 2.75) is 64.5 Å². The van der Waals surface area contributed by atoms with Crippen LogP contribution < -0.4 is 16.2 Å². The fraction of sp³-hybridized carbons (Fsp3) is 0.345. The van der Waals surface area contributed by atoms with E-state index in [-0.39, 0.29) is 29.5 Å². The van der Waals surface area contributed by atoms with Gasteiger partial charge < -0.3 is 15.6 Å². The number of hydrogen-bond donors (Lipinski definition) is 3. The molecule has 1 aliphatic carbocycles. The summed E-state index contributed by atoms with van der Waals surface area (Å²) in [6.45, 7) is 3.78. The van der Waals surface area contributed by atoms with Gasteiger partial charge in [0.05, 0.1) is 22.5 Å². The number of benzene rings is 2. The van der Waals surface area contributed by atoms with E-state index in [9.17, 15) is 14.4 Å². The number of carbonyl (C=O) groups excluding carboxylic acids is 2. The lowest BCUT2D eigenvalue weighted by Gasteiger charge is -2.42. The Morgan fingerprint density at radius 2 is 1.83 bits per heavy atom. The second kappa shape index (κ2) is 9.58. The Morgan fingerprint density at radius 3 is 2.58 bits per heavy atom. The van der Waals surface area contributed by atoms with Crippen molar-refractivity contribution in [1.82, 2.24) is 15.6 Å². The molecule has 2 aromatic carbocycles. The van der Waals surface area contributed by atoms with Crippen LogP contribution in [0.4, 0.5) is 0 Å². The number of amides is 2. The predicted octanol–water partition coefficient (Wildman–Crippen LogP) is 5.07. The van der Waals surface area contributed by atoms with E-state index in [1.807, 2.05) is 38.1 Å². The summed E-state index contributed by atoms with van der Waals surface area (Å²) in [4.78, 5) is 40.7. The zero-order valence-corrected chi connectivity index (χ0v) is 21.3. The molecule has 0 saturated heterocycles. The number of halogens is 1. The average molecular weight is 504 g/mol. The van der Waals surface area contributed by atoms with Crippen LogP contribution in [-0.4, -0.2) is 16.8 Å². The van der Waals surface area contributed by atoms with Gasteiger partial charge in [-0.05, 0) is 61.1 Å². The highest BCUT2D eigenvalue weighted by molar-refractivity contribution is 6.36. The Labute approximate surface area is 215 Å². The summed E-state index contributed by atoms with van der Waals surface area (Å²) in [5.74, 6) is -0.290. The standard InChI is InChI=1S/C29H30ClN3O3/c1-17-13-18(2)32-28(36)23(17)16-31-27(35)22-8-6-7-21(26(22)30)19-9-10-24-20(14-19)15-25(34)33-29(24)11-4-3-5-12-29/h6-10,13-14H,3-5,11-12,15-16H2,1-2H3,(H,31,35)(H,32,36)(H,33,34). The molecule has 0 bridgehead atoms. The molecule has 3 aromatic rings. The number of pyridine rings is 1. The molecule has 0 atom stereocenters. The minimum Gasteiger partial charge on any atom is -0.348 e. The first kappa shape index (κ1) is 24.3. The van der Waals surface area contributed by atoms with E-state index in [0.29, 0.717) is 22.6 Å².